The summed E-state index contributed by atoms with van der Waals surface area (Å²) >= 11 is 0. The molecule has 2 N–H and O–H groups in total. The molecule has 1 fully saturated rings. The lowest BCUT2D eigenvalue weighted by Gasteiger charge is -2.16. The van der Waals surface area contributed by atoms with Crippen molar-refractivity contribution in [2.24, 2.45) is 13.0 Å². The van der Waals surface area contributed by atoms with Gasteiger partial charge in [0.25, 0.3) is 10.0 Å². The summed E-state index contributed by atoms with van der Waals surface area (Å²) in [4.78, 5) is 10.7. The fraction of sp³-hybridized carbons (Fsp3) is 0.600. The summed E-state index contributed by atoms with van der Waals surface area (Å²) in [5, 5.41) is 12.6. The molecule has 0 saturated heterocycles. The Hall–Kier alpha value is -1.41. The van der Waals surface area contributed by atoms with E-state index >= 15 is 0 Å². The van der Waals surface area contributed by atoms with Gasteiger partial charge < -0.3 is 5.11 Å². The number of aliphatic carboxylic acids is 1. The van der Waals surface area contributed by atoms with Crippen molar-refractivity contribution in [3.8, 4) is 0 Å². The number of aryl methyl sites for hydroxylation is 1. The van der Waals surface area contributed by atoms with Gasteiger partial charge >= 0.3 is 5.97 Å². The van der Waals surface area contributed by atoms with Gasteiger partial charge in [0.2, 0.25) is 0 Å². The average molecular weight is 273 g/mol. The van der Waals surface area contributed by atoms with Crippen LogP contribution in [0.5, 0.6) is 0 Å². The maximum absolute atomic E-state index is 12.1. The van der Waals surface area contributed by atoms with Gasteiger partial charge in [-0.25, -0.2) is 13.1 Å². The van der Waals surface area contributed by atoms with Crippen LogP contribution >= 0.6 is 0 Å². The van der Waals surface area contributed by atoms with Crippen molar-refractivity contribution in [1.82, 2.24) is 14.5 Å². The monoisotopic (exact) mass is 273 g/mol. The van der Waals surface area contributed by atoms with Gasteiger partial charge in [-0.2, -0.15) is 5.10 Å². The molecule has 1 aromatic rings. The van der Waals surface area contributed by atoms with Crippen molar-refractivity contribution in [1.29, 1.82) is 0 Å². The average Bonchev–Trinajstić information content (AvgIpc) is 2.99. The van der Waals surface area contributed by atoms with Crippen LogP contribution in [0.4, 0.5) is 0 Å². The summed E-state index contributed by atoms with van der Waals surface area (Å²) in [5.74, 6) is -0.872. The second kappa shape index (κ2) is 4.69. The molecule has 1 saturated carbocycles. The Kier molecular flexibility index (Phi) is 3.40. The first kappa shape index (κ1) is 13.0. The van der Waals surface area contributed by atoms with Crippen molar-refractivity contribution in [2.75, 3.05) is 0 Å². The molecule has 100 valence electrons. The Bertz CT molecular complexity index is 547. The van der Waals surface area contributed by atoms with Gasteiger partial charge in [-0.3, -0.25) is 9.48 Å². The topological polar surface area (TPSA) is 101 Å². The lowest BCUT2D eigenvalue weighted by atomic mass is 10.1. The number of nitrogens with zero attached hydrogens (tertiary/aromatic N) is 2. The fourth-order valence-corrected chi connectivity index (χ4v) is 3.31. The van der Waals surface area contributed by atoms with E-state index in [0.717, 1.165) is 12.8 Å². The van der Waals surface area contributed by atoms with Crippen LogP contribution in [0.1, 0.15) is 19.3 Å². The highest BCUT2D eigenvalue weighted by Gasteiger charge is 2.36. The molecule has 7 nitrogen and oxygen atoms in total. The van der Waals surface area contributed by atoms with Crippen LogP contribution in [0, 0.1) is 5.92 Å². The molecule has 1 aliphatic rings. The van der Waals surface area contributed by atoms with Crippen molar-refractivity contribution >= 4 is 16.0 Å². The highest BCUT2D eigenvalue weighted by molar-refractivity contribution is 7.89. The number of carboxylic acids is 1. The van der Waals surface area contributed by atoms with Crippen LogP contribution in [-0.4, -0.2) is 35.3 Å². The molecule has 0 aromatic carbocycles. The molecule has 18 heavy (non-hydrogen) atoms. The van der Waals surface area contributed by atoms with Gasteiger partial charge in [0.1, 0.15) is 0 Å². The highest BCUT2D eigenvalue weighted by atomic mass is 32.2. The van der Waals surface area contributed by atoms with Crippen LogP contribution < -0.4 is 4.72 Å². The van der Waals surface area contributed by atoms with Crippen molar-refractivity contribution in [3.63, 3.8) is 0 Å². The first-order valence-corrected chi connectivity index (χ1v) is 7.10. The summed E-state index contributed by atoms with van der Waals surface area (Å²) in [7, 11) is -2.18. The van der Waals surface area contributed by atoms with Gasteiger partial charge in [0.05, 0.1) is 12.6 Å². The van der Waals surface area contributed by atoms with Crippen LogP contribution in [0.3, 0.4) is 0 Å². The van der Waals surface area contributed by atoms with E-state index in [1.165, 1.54) is 24.0 Å². The van der Waals surface area contributed by atoms with E-state index in [9.17, 15) is 13.2 Å². The molecule has 0 bridgehead atoms. The van der Waals surface area contributed by atoms with Crippen molar-refractivity contribution in [2.45, 2.75) is 30.3 Å². The van der Waals surface area contributed by atoms with E-state index in [-0.39, 0.29) is 17.4 Å². The normalized spacial score (nSPS) is 17.6. The Morgan fingerprint density at radius 3 is 2.78 bits per heavy atom. The number of hydrogen-bond donors (Lipinski definition) is 2. The number of hydrogen-bond acceptors (Lipinski definition) is 4. The van der Waals surface area contributed by atoms with Gasteiger partial charge in [0.15, 0.2) is 5.03 Å². The molecule has 2 rings (SSSR count). The minimum absolute atomic E-state index is 0.0403. The van der Waals surface area contributed by atoms with E-state index in [2.05, 4.69) is 9.82 Å². The fourth-order valence-electron chi connectivity index (χ4n) is 1.88. The quantitative estimate of drug-likeness (QED) is 0.756. The third-order valence-electron chi connectivity index (χ3n) is 2.94. The summed E-state index contributed by atoms with van der Waals surface area (Å²) in [5.41, 5.74) is 0. The molecule has 0 amide bonds. The molecule has 1 atom stereocenters. The molecule has 1 unspecified atom stereocenters. The van der Waals surface area contributed by atoms with Crippen LogP contribution in [0.25, 0.3) is 0 Å². The van der Waals surface area contributed by atoms with Gasteiger partial charge in [-0.1, -0.05) is 0 Å². The zero-order chi connectivity index (χ0) is 13.3. The number of sulfonamides is 1. The van der Waals surface area contributed by atoms with Gasteiger partial charge in [-0.15, -0.1) is 0 Å². The molecule has 1 aromatic heterocycles. The summed E-state index contributed by atoms with van der Waals surface area (Å²) < 4.78 is 27.9. The van der Waals surface area contributed by atoms with Gasteiger partial charge in [0, 0.05) is 13.1 Å². The van der Waals surface area contributed by atoms with E-state index in [1.54, 1.807) is 0 Å². The minimum atomic E-state index is -3.71. The third kappa shape index (κ3) is 2.88. The second-order valence-electron chi connectivity index (χ2n) is 4.46. The molecular weight excluding hydrogens is 258 g/mol. The standard InChI is InChI=1S/C10H15N3O4S/c1-13-9(4-5-11-13)18(16,17)12-8(6-10(14)15)7-2-3-7/h4-5,7-8,12H,2-3,6H2,1H3,(H,14,15). The highest BCUT2D eigenvalue weighted by Crippen LogP contribution is 2.34. The van der Waals surface area contributed by atoms with E-state index in [1.807, 2.05) is 0 Å². The zero-order valence-electron chi connectivity index (χ0n) is 9.91. The molecular formula is C10H15N3O4S. The number of nitrogens with one attached hydrogen (secondary N) is 1. The molecule has 0 aliphatic heterocycles. The molecule has 0 spiro atoms. The summed E-state index contributed by atoms with van der Waals surface area (Å²) in [6, 6.07) is 0.843. The SMILES string of the molecule is Cn1nccc1S(=O)(=O)NC(CC(=O)O)C1CC1. The summed E-state index contributed by atoms with van der Waals surface area (Å²) in [6.45, 7) is 0. The predicted octanol–water partition coefficient (Wildman–Crippen LogP) is -0.0483. The van der Waals surface area contributed by atoms with E-state index in [4.69, 9.17) is 5.11 Å². The Morgan fingerprint density at radius 1 is 1.67 bits per heavy atom. The maximum Gasteiger partial charge on any atom is 0.304 e. The van der Waals surface area contributed by atoms with Crippen LogP contribution in [0.15, 0.2) is 17.3 Å². The number of carboxylic acid groups (broad SMARTS) is 1. The maximum atomic E-state index is 12.1. The molecule has 8 heteroatoms. The predicted molar refractivity (Wildman–Crippen MR) is 62.3 cm³/mol. The molecule has 1 aliphatic carbocycles. The Labute approximate surface area is 105 Å². The van der Waals surface area contributed by atoms with E-state index in [0.29, 0.717) is 0 Å². The summed E-state index contributed by atoms with van der Waals surface area (Å²) in [6.07, 6.45) is 2.93. The minimum Gasteiger partial charge on any atom is -0.481 e. The first-order chi connectivity index (χ1) is 8.40. The molecule has 1 heterocycles. The number of carbonyl (C=O) groups is 1. The van der Waals surface area contributed by atoms with Crippen LogP contribution in [0.2, 0.25) is 0 Å². The smallest absolute Gasteiger partial charge is 0.304 e. The van der Waals surface area contributed by atoms with Crippen molar-refractivity contribution in [3.05, 3.63) is 12.3 Å². The lowest BCUT2D eigenvalue weighted by Crippen LogP contribution is -2.38. The number of aromatic nitrogens is 2. The first-order valence-electron chi connectivity index (χ1n) is 5.62. The zero-order valence-corrected chi connectivity index (χ0v) is 10.7. The lowest BCUT2D eigenvalue weighted by molar-refractivity contribution is -0.137. The third-order valence-corrected chi connectivity index (χ3v) is 4.51. The Balaban J connectivity index is 2.15. The van der Waals surface area contributed by atoms with Crippen molar-refractivity contribution < 1.29 is 18.3 Å². The largest absolute Gasteiger partial charge is 0.481 e. The number of rotatable bonds is 6. The second-order valence-corrected chi connectivity index (χ2v) is 6.12. The van der Waals surface area contributed by atoms with E-state index < -0.39 is 22.0 Å². The molecule has 0 radical (unpaired) electrons. The van der Waals surface area contributed by atoms with Gasteiger partial charge in [-0.05, 0) is 24.8 Å². The Morgan fingerprint density at radius 2 is 2.33 bits per heavy atom. The van der Waals surface area contributed by atoms with Crippen LogP contribution in [-0.2, 0) is 21.9 Å².